The van der Waals surface area contributed by atoms with Crippen LogP contribution in [0.4, 0.5) is 5.69 Å². The van der Waals surface area contributed by atoms with Crippen molar-refractivity contribution in [2.45, 2.75) is 26.7 Å². The molecule has 0 unspecified atom stereocenters. The van der Waals surface area contributed by atoms with Crippen molar-refractivity contribution in [3.8, 4) is 0 Å². The van der Waals surface area contributed by atoms with Crippen LogP contribution in [0.15, 0.2) is 18.2 Å². The lowest BCUT2D eigenvalue weighted by molar-refractivity contribution is 0.0301. The van der Waals surface area contributed by atoms with E-state index in [9.17, 15) is 0 Å². The van der Waals surface area contributed by atoms with Gasteiger partial charge in [-0.05, 0) is 55.7 Å². The van der Waals surface area contributed by atoms with E-state index in [1.165, 1.54) is 16.8 Å². The maximum absolute atomic E-state index is 5.50. The Kier molecular flexibility index (Phi) is 4.80. The average molecular weight is 279 g/mol. The molecule has 0 saturated carbocycles. The Morgan fingerprint density at radius 2 is 1.74 bits per heavy atom. The third kappa shape index (κ3) is 3.67. The summed E-state index contributed by atoms with van der Waals surface area (Å²) in [5, 5.41) is 0. The first-order chi connectivity index (χ1) is 9.04. The van der Waals surface area contributed by atoms with Crippen molar-refractivity contribution >= 4 is 18.3 Å². The smallest absolute Gasteiger partial charge is 0.0472 e. The summed E-state index contributed by atoms with van der Waals surface area (Å²) in [7, 11) is 2.19. The van der Waals surface area contributed by atoms with E-state index >= 15 is 0 Å². The first kappa shape index (κ1) is 14.7. The van der Waals surface area contributed by atoms with E-state index in [0.717, 1.165) is 38.4 Å². The maximum atomic E-state index is 5.50. The van der Waals surface area contributed by atoms with E-state index in [1.807, 2.05) is 0 Å². The monoisotopic (exact) mass is 279 g/mol. The van der Waals surface area contributed by atoms with E-state index in [2.05, 4.69) is 56.6 Å². The van der Waals surface area contributed by atoms with Crippen LogP contribution in [0.1, 0.15) is 24.0 Å². The first-order valence-electron chi connectivity index (χ1n) is 7.03. The Morgan fingerprint density at radius 1 is 1.16 bits per heavy atom. The molecule has 3 heteroatoms. The Hall–Kier alpha value is -0.670. The molecule has 1 aliphatic rings. The fourth-order valence-corrected chi connectivity index (χ4v) is 3.35. The van der Waals surface area contributed by atoms with Crippen molar-refractivity contribution in [2.24, 2.45) is 5.41 Å². The largest absolute Gasteiger partial charge is 0.381 e. The van der Waals surface area contributed by atoms with E-state index in [4.69, 9.17) is 4.74 Å². The number of hydrogen-bond donors (Lipinski definition) is 1. The molecule has 0 aliphatic carbocycles. The summed E-state index contributed by atoms with van der Waals surface area (Å²) >= 11 is 4.59. The maximum Gasteiger partial charge on any atom is 0.0472 e. The van der Waals surface area contributed by atoms with Crippen molar-refractivity contribution in [2.75, 3.05) is 37.5 Å². The van der Waals surface area contributed by atoms with Gasteiger partial charge in [0.15, 0.2) is 0 Å². The summed E-state index contributed by atoms with van der Waals surface area (Å²) in [5.74, 6) is 0.936. The molecule has 2 rings (SSSR count). The van der Waals surface area contributed by atoms with Gasteiger partial charge in [-0.15, -0.1) is 0 Å². The third-order valence-corrected chi connectivity index (χ3v) is 4.78. The SMILES string of the molecule is Cc1cc(C)cc(N(C)CC2(CS)CCOCC2)c1. The zero-order chi connectivity index (χ0) is 13.9. The number of aryl methyl sites for hydroxylation is 2. The van der Waals surface area contributed by atoms with Crippen LogP contribution in [-0.4, -0.2) is 32.6 Å². The highest BCUT2D eigenvalue weighted by Crippen LogP contribution is 2.34. The fraction of sp³-hybridized carbons (Fsp3) is 0.625. The number of ether oxygens (including phenoxy) is 1. The molecule has 1 fully saturated rings. The Labute approximate surface area is 122 Å². The number of anilines is 1. The van der Waals surface area contributed by atoms with Gasteiger partial charge in [-0.3, -0.25) is 0 Å². The van der Waals surface area contributed by atoms with Gasteiger partial charge in [0, 0.05) is 37.9 Å². The molecule has 1 aliphatic heterocycles. The molecule has 106 valence electrons. The summed E-state index contributed by atoms with van der Waals surface area (Å²) in [6, 6.07) is 6.75. The Balaban J connectivity index is 2.12. The van der Waals surface area contributed by atoms with Gasteiger partial charge in [0.2, 0.25) is 0 Å². The number of nitrogens with zero attached hydrogens (tertiary/aromatic N) is 1. The highest BCUT2D eigenvalue weighted by atomic mass is 32.1. The first-order valence-corrected chi connectivity index (χ1v) is 7.66. The van der Waals surface area contributed by atoms with Gasteiger partial charge in [0.05, 0.1) is 0 Å². The molecular formula is C16H25NOS. The van der Waals surface area contributed by atoms with Crippen LogP contribution >= 0.6 is 12.6 Å². The van der Waals surface area contributed by atoms with Gasteiger partial charge in [-0.25, -0.2) is 0 Å². The number of thiol groups is 1. The minimum atomic E-state index is 0.299. The highest BCUT2D eigenvalue weighted by molar-refractivity contribution is 7.80. The van der Waals surface area contributed by atoms with Gasteiger partial charge in [-0.1, -0.05) is 6.07 Å². The minimum absolute atomic E-state index is 0.299. The molecule has 0 N–H and O–H groups in total. The van der Waals surface area contributed by atoms with Crippen LogP contribution in [0.3, 0.4) is 0 Å². The standard InChI is InChI=1S/C16H25NOS/c1-13-8-14(2)10-15(9-13)17(3)11-16(12-19)4-6-18-7-5-16/h8-10,19H,4-7,11-12H2,1-3H3. The summed E-state index contributed by atoms with van der Waals surface area (Å²) in [4.78, 5) is 2.38. The van der Waals surface area contributed by atoms with E-state index < -0.39 is 0 Å². The van der Waals surface area contributed by atoms with Crippen LogP contribution in [-0.2, 0) is 4.74 Å². The molecule has 0 spiro atoms. The molecule has 0 amide bonds. The molecule has 0 atom stereocenters. The zero-order valence-electron chi connectivity index (χ0n) is 12.3. The average Bonchev–Trinajstić information content (AvgIpc) is 2.38. The van der Waals surface area contributed by atoms with Crippen molar-refractivity contribution in [1.82, 2.24) is 0 Å². The Morgan fingerprint density at radius 3 is 2.26 bits per heavy atom. The molecule has 0 radical (unpaired) electrons. The molecule has 2 nitrogen and oxygen atoms in total. The molecule has 0 aromatic heterocycles. The lowest BCUT2D eigenvalue weighted by Gasteiger charge is -2.39. The quantitative estimate of drug-likeness (QED) is 0.847. The molecule has 19 heavy (non-hydrogen) atoms. The van der Waals surface area contributed by atoms with Crippen molar-refractivity contribution in [1.29, 1.82) is 0 Å². The fourth-order valence-electron chi connectivity index (χ4n) is 2.94. The van der Waals surface area contributed by atoms with Gasteiger partial charge < -0.3 is 9.64 Å². The lowest BCUT2D eigenvalue weighted by Crippen LogP contribution is -2.41. The molecular weight excluding hydrogens is 254 g/mol. The van der Waals surface area contributed by atoms with Crippen LogP contribution in [0.25, 0.3) is 0 Å². The number of rotatable bonds is 4. The normalized spacial score (nSPS) is 18.3. The predicted octanol–water partition coefficient (Wildman–Crippen LogP) is 3.47. The van der Waals surface area contributed by atoms with Gasteiger partial charge in [0.25, 0.3) is 0 Å². The van der Waals surface area contributed by atoms with E-state index in [-0.39, 0.29) is 0 Å². The second-order valence-electron chi connectivity index (χ2n) is 5.97. The lowest BCUT2D eigenvalue weighted by atomic mass is 9.81. The summed E-state index contributed by atoms with van der Waals surface area (Å²) in [6.07, 6.45) is 2.23. The molecule has 0 bridgehead atoms. The summed E-state index contributed by atoms with van der Waals surface area (Å²) in [6.45, 7) is 7.13. The van der Waals surface area contributed by atoms with E-state index in [1.54, 1.807) is 0 Å². The Bertz CT molecular complexity index is 407. The van der Waals surface area contributed by atoms with Gasteiger partial charge in [-0.2, -0.15) is 12.6 Å². The van der Waals surface area contributed by atoms with Crippen molar-refractivity contribution < 1.29 is 4.74 Å². The second-order valence-corrected chi connectivity index (χ2v) is 6.29. The van der Waals surface area contributed by atoms with Crippen molar-refractivity contribution in [3.05, 3.63) is 29.3 Å². The summed E-state index contributed by atoms with van der Waals surface area (Å²) < 4.78 is 5.50. The van der Waals surface area contributed by atoms with Crippen LogP contribution in [0.2, 0.25) is 0 Å². The second kappa shape index (κ2) is 6.19. The third-order valence-electron chi connectivity index (χ3n) is 4.11. The van der Waals surface area contributed by atoms with Gasteiger partial charge in [0.1, 0.15) is 0 Å². The molecule has 1 aromatic rings. The van der Waals surface area contributed by atoms with Crippen LogP contribution in [0.5, 0.6) is 0 Å². The molecule has 1 heterocycles. The molecule has 1 aromatic carbocycles. The minimum Gasteiger partial charge on any atom is -0.381 e. The van der Waals surface area contributed by atoms with Crippen molar-refractivity contribution in [3.63, 3.8) is 0 Å². The predicted molar refractivity (Wildman–Crippen MR) is 85.5 cm³/mol. The van der Waals surface area contributed by atoms with Crippen LogP contribution < -0.4 is 4.90 Å². The highest BCUT2D eigenvalue weighted by Gasteiger charge is 2.32. The topological polar surface area (TPSA) is 12.5 Å². The van der Waals surface area contributed by atoms with Crippen LogP contribution in [0, 0.1) is 19.3 Å². The van der Waals surface area contributed by atoms with Gasteiger partial charge >= 0.3 is 0 Å². The molecule has 1 saturated heterocycles. The van der Waals surface area contributed by atoms with E-state index in [0.29, 0.717) is 5.41 Å². The zero-order valence-corrected chi connectivity index (χ0v) is 13.2. The number of hydrogen-bond acceptors (Lipinski definition) is 3. The summed E-state index contributed by atoms with van der Waals surface area (Å²) in [5.41, 5.74) is 4.26. The number of benzene rings is 1.